The molecule has 0 spiro atoms. The summed E-state index contributed by atoms with van der Waals surface area (Å²) in [6.45, 7) is 4.82. The number of carboxylic acids is 1. The standard InChI is InChI=1S/C12H15NO2/c1-7-6-13-11-5-9(3-4-10(7)11)8(2)12(14)15/h3-5,7-8,13H,6H2,1-2H3,(H,14,15). The first-order chi connectivity index (χ1) is 7.09. The number of anilines is 1. The zero-order valence-corrected chi connectivity index (χ0v) is 8.95. The molecule has 1 aromatic carbocycles. The van der Waals surface area contributed by atoms with Crippen molar-refractivity contribution in [3.05, 3.63) is 29.3 Å². The first-order valence-electron chi connectivity index (χ1n) is 5.20. The number of carboxylic acid groups (broad SMARTS) is 1. The third-order valence-corrected chi connectivity index (χ3v) is 3.08. The minimum absolute atomic E-state index is 0.437. The summed E-state index contributed by atoms with van der Waals surface area (Å²) < 4.78 is 0. The number of hydrogen-bond acceptors (Lipinski definition) is 2. The molecule has 0 radical (unpaired) electrons. The summed E-state index contributed by atoms with van der Waals surface area (Å²) >= 11 is 0. The molecule has 2 unspecified atom stereocenters. The van der Waals surface area contributed by atoms with E-state index in [1.807, 2.05) is 18.2 Å². The summed E-state index contributed by atoms with van der Waals surface area (Å²) in [6, 6.07) is 5.91. The summed E-state index contributed by atoms with van der Waals surface area (Å²) in [6.07, 6.45) is 0. The van der Waals surface area contributed by atoms with Gasteiger partial charge in [0.15, 0.2) is 0 Å². The fraction of sp³-hybridized carbons (Fsp3) is 0.417. The molecule has 2 rings (SSSR count). The van der Waals surface area contributed by atoms with E-state index >= 15 is 0 Å². The van der Waals surface area contributed by atoms with E-state index in [1.54, 1.807) is 6.92 Å². The molecular weight excluding hydrogens is 190 g/mol. The largest absolute Gasteiger partial charge is 0.481 e. The van der Waals surface area contributed by atoms with E-state index in [1.165, 1.54) is 5.56 Å². The molecule has 1 heterocycles. The monoisotopic (exact) mass is 205 g/mol. The van der Waals surface area contributed by atoms with Gasteiger partial charge in [-0.2, -0.15) is 0 Å². The van der Waals surface area contributed by atoms with Gasteiger partial charge >= 0.3 is 5.97 Å². The van der Waals surface area contributed by atoms with Crippen molar-refractivity contribution in [3.8, 4) is 0 Å². The summed E-state index contributed by atoms with van der Waals surface area (Å²) in [5, 5.41) is 12.2. The van der Waals surface area contributed by atoms with Gasteiger partial charge in [-0.05, 0) is 24.1 Å². The van der Waals surface area contributed by atoms with E-state index in [2.05, 4.69) is 12.2 Å². The SMILES string of the molecule is CC1CNc2cc(C(C)C(=O)O)ccc21. The van der Waals surface area contributed by atoms with Crippen molar-refractivity contribution >= 4 is 11.7 Å². The van der Waals surface area contributed by atoms with Gasteiger partial charge in [0.1, 0.15) is 0 Å². The van der Waals surface area contributed by atoms with Crippen molar-refractivity contribution in [2.24, 2.45) is 0 Å². The van der Waals surface area contributed by atoms with E-state index < -0.39 is 11.9 Å². The van der Waals surface area contributed by atoms with Crippen molar-refractivity contribution in [1.82, 2.24) is 0 Å². The van der Waals surface area contributed by atoms with Gasteiger partial charge in [-0.3, -0.25) is 4.79 Å². The molecule has 0 saturated heterocycles. The highest BCUT2D eigenvalue weighted by Gasteiger charge is 2.20. The molecule has 1 aliphatic heterocycles. The number of benzene rings is 1. The van der Waals surface area contributed by atoms with Crippen molar-refractivity contribution in [2.75, 3.05) is 11.9 Å². The highest BCUT2D eigenvalue weighted by atomic mass is 16.4. The normalized spacial score (nSPS) is 20.5. The second kappa shape index (κ2) is 3.57. The lowest BCUT2D eigenvalue weighted by atomic mass is 9.96. The molecule has 2 N–H and O–H groups in total. The Bertz CT molecular complexity index is 401. The van der Waals surface area contributed by atoms with E-state index in [4.69, 9.17) is 5.11 Å². The highest BCUT2D eigenvalue weighted by molar-refractivity contribution is 5.76. The number of carbonyl (C=O) groups is 1. The van der Waals surface area contributed by atoms with Crippen LogP contribution in [0.1, 0.15) is 36.8 Å². The number of aliphatic carboxylic acids is 1. The smallest absolute Gasteiger partial charge is 0.310 e. The molecule has 3 heteroatoms. The second-order valence-electron chi connectivity index (χ2n) is 4.19. The van der Waals surface area contributed by atoms with Crippen LogP contribution in [0.4, 0.5) is 5.69 Å². The third-order valence-electron chi connectivity index (χ3n) is 3.08. The van der Waals surface area contributed by atoms with Gasteiger partial charge in [0, 0.05) is 18.2 Å². The average molecular weight is 205 g/mol. The Labute approximate surface area is 89.1 Å². The fourth-order valence-electron chi connectivity index (χ4n) is 1.94. The Morgan fingerprint density at radius 2 is 2.33 bits per heavy atom. The number of nitrogens with one attached hydrogen (secondary N) is 1. The molecule has 0 bridgehead atoms. The Morgan fingerprint density at radius 3 is 3.00 bits per heavy atom. The molecule has 1 aliphatic rings. The predicted molar refractivity (Wildman–Crippen MR) is 59.4 cm³/mol. The van der Waals surface area contributed by atoms with Crippen molar-refractivity contribution < 1.29 is 9.90 Å². The molecule has 0 aromatic heterocycles. The van der Waals surface area contributed by atoms with Crippen LogP contribution in [0.15, 0.2) is 18.2 Å². The fourth-order valence-corrected chi connectivity index (χ4v) is 1.94. The van der Waals surface area contributed by atoms with Crippen molar-refractivity contribution in [2.45, 2.75) is 25.7 Å². The molecule has 0 fully saturated rings. The predicted octanol–water partition coefficient (Wildman–Crippen LogP) is 2.40. The van der Waals surface area contributed by atoms with Crippen LogP contribution < -0.4 is 5.32 Å². The molecule has 80 valence electrons. The minimum Gasteiger partial charge on any atom is -0.481 e. The first kappa shape index (κ1) is 10.0. The second-order valence-corrected chi connectivity index (χ2v) is 4.19. The van der Waals surface area contributed by atoms with Gasteiger partial charge in [0.2, 0.25) is 0 Å². The summed E-state index contributed by atoms with van der Waals surface area (Å²) in [5.41, 5.74) is 3.24. The quantitative estimate of drug-likeness (QED) is 0.779. The van der Waals surface area contributed by atoms with Crippen LogP contribution in [0.5, 0.6) is 0 Å². The van der Waals surface area contributed by atoms with Crippen LogP contribution in [0.25, 0.3) is 0 Å². The lowest BCUT2D eigenvalue weighted by Gasteiger charge is -2.09. The zero-order chi connectivity index (χ0) is 11.0. The lowest BCUT2D eigenvalue weighted by Crippen LogP contribution is -2.07. The van der Waals surface area contributed by atoms with Gasteiger partial charge in [-0.1, -0.05) is 19.1 Å². The Balaban J connectivity index is 2.34. The molecular formula is C12H15NO2. The zero-order valence-electron chi connectivity index (χ0n) is 8.95. The van der Waals surface area contributed by atoms with Gasteiger partial charge in [0.25, 0.3) is 0 Å². The molecule has 3 nitrogen and oxygen atoms in total. The first-order valence-corrected chi connectivity index (χ1v) is 5.20. The molecule has 0 aliphatic carbocycles. The van der Waals surface area contributed by atoms with Crippen molar-refractivity contribution in [1.29, 1.82) is 0 Å². The summed E-state index contributed by atoms with van der Waals surface area (Å²) in [7, 11) is 0. The highest BCUT2D eigenvalue weighted by Crippen LogP contribution is 2.33. The van der Waals surface area contributed by atoms with E-state index in [0.29, 0.717) is 5.92 Å². The van der Waals surface area contributed by atoms with Gasteiger partial charge in [0.05, 0.1) is 5.92 Å². The molecule has 0 saturated carbocycles. The van der Waals surface area contributed by atoms with Crippen LogP contribution in [0.3, 0.4) is 0 Å². The Hall–Kier alpha value is -1.51. The van der Waals surface area contributed by atoms with Crippen LogP contribution in [0, 0.1) is 0 Å². The summed E-state index contributed by atoms with van der Waals surface area (Å²) in [5.74, 6) is -0.691. The maximum Gasteiger partial charge on any atom is 0.310 e. The van der Waals surface area contributed by atoms with Gasteiger partial charge in [-0.15, -0.1) is 0 Å². The Morgan fingerprint density at radius 1 is 1.60 bits per heavy atom. The molecule has 0 amide bonds. The number of hydrogen-bond donors (Lipinski definition) is 2. The van der Waals surface area contributed by atoms with Crippen LogP contribution in [0.2, 0.25) is 0 Å². The average Bonchev–Trinajstić information content (AvgIpc) is 2.59. The number of fused-ring (bicyclic) bond motifs is 1. The van der Waals surface area contributed by atoms with Crippen molar-refractivity contribution in [3.63, 3.8) is 0 Å². The van der Waals surface area contributed by atoms with Gasteiger partial charge in [-0.25, -0.2) is 0 Å². The van der Waals surface area contributed by atoms with E-state index in [0.717, 1.165) is 17.8 Å². The van der Waals surface area contributed by atoms with E-state index in [9.17, 15) is 4.79 Å². The van der Waals surface area contributed by atoms with Crippen LogP contribution in [-0.4, -0.2) is 17.6 Å². The molecule has 2 atom stereocenters. The molecule has 15 heavy (non-hydrogen) atoms. The third kappa shape index (κ3) is 1.69. The Kier molecular flexibility index (Phi) is 2.39. The lowest BCUT2D eigenvalue weighted by molar-refractivity contribution is -0.138. The maximum atomic E-state index is 10.8. The summed E-state index contributed by atoms with van der Waals surface area (Å²) in [4.78, 5) is 10.8. The minimum atomic E-state index is -0.777. The molecule has 1 aromatic rings. The topological polar surface area (TPSA) is 49.3 Å². The van der Waals surface area contributed by atoms with Crippen LogP contribution in [-0.2, 0) is 4.79 Å². The number of rotatable bonds is 2. The van der Waals surface area contributed by atoms with E-state index in [-0.39, 0.29) is 0 Å². The maximum absolute atomic E-state index is 10.8. The van der Waals surface area contributed by atoms with Gasteiger partial charge < -0.3 is 10.4 Å². The van der Waals surface area contributed by atoms with Crippen LogP contribution >= 0.6 is 0 Å².